The van der Waals surface area contributed by atoms with Gasteiger partial charge in [-0.05, 0) is 43.3 Å². The average Bonchev–Trinajstić information content (AvgIpc) is 2.72. The van der Waals surface area contributed by atoms with E-state index >= 15 is 0 Å². The highest BCUT2D eigenvalue weighted by Crippen LogP contribution is 2.15. The van der Waals surface area contributed by atoms with Crippen LogP contribution in [0.15, 0.2) is 60.8 Å². The molecule has 4 rings (SSSR count). The maximum absolute atomic E-state index is 4.66. The smallest absolute Gasteiger partial charge is 0.128 e. The topological polar surface area (TPSA) is 44.3 Å². The molecule has 0 spiro atoms. The van der Waals surface area contributed by atoms with Crippen LogP contribution in [0.2, 0.25) is 0 Å². The van der Waals surface area contributed by atoms with Gasteiger partial charge in [0, 0.05) is 44.3 Å². The second-order valence-electron chi connectivity index (χ2n) is 6.69. The standard InChI is InChI=1S/C21H25N5.BrH/c1-2-7-19-18(6-1)9-10-20(24-19)22-12-5-13-25-14-16-26(17-15-25)21-8-3-4-11-23-21;/h1-4,6-11H,5,12-17H2,(H,22,24);1H. The fraction of sp³-hybridized carbons (Fsp3) is 0.333. The van der Waals surface area contributed by atoms with Gasteiger partial charge in [-0.2, -0.15) is 0 Å². The largest absolute Gasteiger partial charge is 0.370 e. The molecular weight excluding hydrogens is 402 g/mol. The molecule has 0 radical (unpaired) electrons. The first-order valence-corrected chi connectivity index (χ1v) is 9.36. The minimum absolute atomic E-state index is 0. The van der Waals surface area contributed by atoms with E-state index in [4.69, 9.17) is 0 Å². The molecule has 1 saturated heterocycles. The Kier molecular flexibility index (Phi) is 7.01. The summed E-state index contributed by atoms with van der Waals surface area (Å²) >= 11 is 0. The molecule has 1 aliphatic rings. The number of para-hydroxylation sites is 1. The van der Waals surface area contributed by atoms with Crippen LogP contribution in [0, 0.1) is 0 Å². The van der Waals surface area contributed by atoms with E-state index in [2.05, 4.69) is 61.5 Å². The Hall–Kier alpha value is -2.18. The third-order valence-corrected chi connectivity index (χ3v) is 4.90. The summed E-state index contributed by atoms with van der Waals surface area (Å²) in [5, 5.41) is 4.64. The highest BCUT2D eigenvalue weighted by Gasteiger charge is 2.17. The van der Waals surface area contributed by atoms with Crippen LogP contribution in [0.5, 0.6) is 0 Å². The number of hydrogen-bond donors (Lipinski definition) is 1. The molecule has 0 unspecified atom stereocenters. The summed E-state index contributed by atoms with van der Waals surface area (Å²) in [5.41, 5.74) is 1.04. The fourth-order valence-corrected chi connectivity index (χ4v) is 3.42. The molecule has 0 amide bonds. The van der Waals surface area contributed by atoms with Crippen molar-refractivity contribution in [3.05, 3.63) is 60.8 Å². The number of hydrogen-bond acceptors (Lipinski definition) is 5. The van der Waals surface area contributed by atoms with Crippen molar-refractivity contribution in [1.29, 1.82) is 0 Å². The lowest BCUT2D eigenvalue weighted by Gasteiger charge is -2.35. The molecule has 0 saturated carbocycles. The van der Waals surface area contributed by atoms with Crippen LogP contribution in [0.25, 0.3) is 10.9 Å². The molecule has 0 bridgehead atoms. The van der Waals surface area contributed by atoms with Gasteiger partial charge < -0.3 is 10.2 Å². The molecule has 6 heteroatoms. The van der Waals surface area contributed by atoms with E-state index in [-0.39, 0.29) is 17.0 Å². The Bertz CT molecular complexity index is 834. The molecule has 27 heavy (non-hydrogen) atoms. The number of rotatable bonds is 6. The number of fused-ring (bicyclic) bond motifs is 1. The Morgan fingerprint density at radius 3 is 2.52 bits per heavy atom. The van der Waals surface area contributed by atoms with Gasteiger partial charge in [-0.15, -0.1) is 17.0 Å². The minimum atomic E-state index is 0. The lowest BCUT2D eigenvalue weighted by molar-refractivity contribution is 0.256. The summed E-state index contributed by atoms with van der Waals surface area (Å²) in [6.07, 6.45) is 2.99. The van der Waals surface area contributed by atoms with Crippen molar-refractivity contribution < 1.29 is 0 Å². The van der Waals surface area contributed by atoms with Gasteiger partial charge in [0.15, 0.2) is 0 Å². The lowest BCUT2D eigenvalue weighted by atomic mass is 10.2. The van der Waals surface area contributed by atoms with Gasteiger partial charge in [0.2, 0.25) is 0 Å². The Labute approximate surface area is 171 Å². The SMILES string of the molecule is Br.c1ccc(N2CCN(CCCNc3ccc4ccccc4n3)CC2)nc1. The van der Waals surface area contributed by atoms with Gasteiger partial charge in [-0.3, -0.25) is 4.90 Å². The van der Waals surface area contributed by atoms with E-state index < -0.39 is 0 Å². The fourth-order valence-electron chi connectivity index (χ4n) is 3.42. The van der Waals surface area contributed by atoms with Crippen molar-refractivity contribution in [1.82, 2.24) is 14.9 Å². The Balaban J connectivity index is 0.00000210. The number of anilines is 2. The van der Waals surface area contributed by atoms with Crippen LogP contribution >= 0.6 is 17.0 Å². The molecule has 3 heterocycles. The first kappa shape index (κ1) is 19.6. The Morgan fingerprint density at radius 1 is 0.889 bits per heavy atom. The normalized spacial score (nSPS) is 14.7. The van der Waals surface area contributed by atoms with E-state index in [9.17, 15) is 0 Å². The van der Waals surface area contributed by atoms with Crippen LogP contribution in [-0.2, 0) is 0 Å². The van der Waals surface area contributed by atoms with Crippen molar-refractivity contribution >= 4 is 39.5 Å². The first-order chi connectivity index (χ1) is 12.9. The third-order valence-electron chi connectivity index (χ3n) is 4.90. The summed E-state index contributed by atoms with van der Waals surface area (Å²) in [6.45, 7) is 6.38. The quantitative estimate of drug-likeness (QED) is 0.605. The maximum atomic E-state index is 4.66. The Morgan fingerprint density at radius 2 is 1.70 bits per heavy atom. The van der Waals surface area contributed by atoms with Crippen LogP contribution in [0.3, 0.4) is 0 Å². The molecule has 0 atom stereocenters. The van der Waals surface area contributed by atoms with Crippen LogP contribution in [-0.4, -0.2) is 54.1 Å². The number of halogens is 1. The van der Waals surface area contributed by atoms with E-state index in [0.29, 0.717) is 0 Å². The van der Waals surface area contributed by atoms with E-state index in [1.165, 1.54) is 5.39 Å². The monoisotopic (exact) mass is 427 g/mol. The van der Waals surface area contributed by atoms with Gasteiger partial charge in [-0.1, -0.05) is 24.3 Å². The molecule has 1 aromatic carbocycles. The summed E-state index contributed by atoms with van der Waals surface area (Å²) in [4.78, 5) is 14.0. The molecule has 5 nitrogen and oxygen atoms in total. The second kappa shape index (κ2) is 9.67. The first-order valence-electron chi connectivity index (χ1n) is 9.36. The van der Waals surface area contributed by atoms with Crippen LogP contribution in [0.4, 0.5) is 11.6 Å². The molecule has 0 aliphatic carbocycles. The predicted octanol–water partition coefficient (Wildman–Crippen LogP) is 3.83. The lowest BCUT2D eigenvalue weighted by Crippen LogP contribution is -2.47. The summed E-state index contributed by atoms with van der Waals surface area (Å²) in [7, 11) is 0. The van der Waals surface area contributed by atoms with Crippen molar-refractivity contribution in [2.45, 2.75) is 6.42 Å². The number of nitrogens with zero attached hydrogens (tertiary/aromatic N) is 4. The zero-order valence-corrected chi connectivity index (χ0v) is 17.1. The summed E-state index contributed by atoms with van der Waals surface area (Å²) in [5.74, 6) is 2.06. The highest BCUT2D eigenvalue weighted by atomic mass is 79.9. The third kappa shape index (κ3) is 5.17. The molecule has 3 aromatic rings. The molecule has 1 N–H and O–H groups in total. The second-order valence-corrected chi connectivity index (χ2v) is 6.69. The molecule has 1 fully saturated rings. The number of nitrogens with one attached hydrogen (secondary N) is 1. The number of piperazine rings is 1. The average molecular weight is 428 g/mol. The summed E-state index contributed by atoms with van der Waals surface area (Å²) < 4.78 is 0. The van der Waals surface area contributed by atoms with Gasteiger partial charge in [0.1, 0.15) is 11.6 Å². The van der Waals surface area contributed by atoms with Gasteiger partial charge in [0.05, 0.1) is 5.52 Å². The van der Waals surface area contributed by atoms with Gasteiger partial charge >= 0.3 is 0 Å². The zero-order chi connectivity index (χ0) is 17.6. The number of pyridine rings is 2. The molecular formula is C21H26BrN5. The molecule has 2 aromatic heterocycles. The molecule has 1 aliphatic heterocycles. The van der Waals surface area contributed by atoms with Crippen LogP contribution < -0.4 is 10.2 Å². The maximum Gasteiger partial charge on any atom is 0.128 e. The van der Waals surface area contributed by atoms with Crippen molar-refractivity contribution in [2.75, 3.05) is 49.5 Å². The zero-order valence-electron chi connectivity index (χ0n) is 15.4. The van der Waals surface area contributed by atoms with E-state index in [1.54, 1.807) is 0 Å². The highest BCUT2D eigenvalue weighted by molar-refractivity contribution is 8.93. The van der Waals surface area contributed by atoms with Crippen molar-refractivity contribution in [3.63, 3.8) is 0 Å². The minimum Gasteiger partial charge on any atom is -0.370 e. The van der Waals surface area contributed by atoms with Crippen molar-refractivity contribution in [3.8, 4) is 0 Å². The van der Waals surface area contributed by atoms with Gasteiger partial charge in [-0.25, -0.2) is 9.97 Å². The van der Waals surface area contributed by atoms with E-state index in [1.807, 2.05) is 24.4 Å². The van der Waals surface area contributed by atoms with E-state index in [0.717, 1.165) is 62.8 Å². The van der Waals surface area contributed by atoms with Gasteiger partial charge in [0.25, 0.3) is 0 Å². The van der Waals surface area contributed by atoms with Crippen LogP contribution in [0.1, 0.15) is 6.42 Å². The number of benzene rings is 1. The number of aromatic nitrogens is 2. The predicted molar refractivity (Wildman–Crippen MR) is 118 cm³/mol. The summed E-state index contributed by atoms with van der Waals surface area (Å²) in [6, 6.07) is 18.5. The van der Waals surface area contributed by atoms with Crippen molar-refractivity contribution in [2.24, 2.45) is 0 Å². The molecule has 142 valence electrons.